The van der Waals surface area contributed by atoms with E-state index in [2.05, 4.69) is 4.98 Å². The number of aromatic nitrogens is 1. The summed E-state index contributed by atoms with van der Waals surface area (Å²) in [5, 5.41) is 31.0. The predicted octanol–water partition coefficient (Wildman–Crippen LogP) is 2.34. The molecule has 1 aliphatic heterocycles. The Morgan fingerprint density at radius 3 is 2.69 bits per heavy atom. The molecule has 1 unspecified atom stereocenters. The minimum Gasteiger partial charge on any atom is -0.486 e. The molecular weight excluding hydrogens is 461 g/mol. The van der Waals surface area contributed by atoms with E-state index in [1.54, 1.807) is 6.07 Å². The largest absolute Gasteiger partial charge is 0.486 e. The van der Waals surface area contributed by atoms with Crippen molar-refractivity contribution in [1.29, 1.82) is 5.26 Å². The molecule has 1 aromatic carbocycles. The highest BCUT2D eigenvalue weighted by molar-refractivity contribution is 7.89. The first-order chi connectivity index (χ1) is 15.0. The number of hydrogen-bond acceptors (Lipinski definition) is 7. The number of nitriles is 1. The van der Waals surface area contributed by atoms with Gasteiger partial charge in [-0.3, -0.25) is 0 Å². The molecule has 0 amide bonds. The summed E-state index contributed by atoms with van der Waals surface area (Å²) in [7, 11) is -4.14. The van der Waals surface area contributed by atoms with Crippen LogP contribution in [0.5, 0.6) is 5.75 Å². The van der Waals surface area contributed by atoms with Gasteiger partial charge < -0.3 is 14.9 Å². The van der Waals surface area contributed by atoms with Crippen LogP contribution in [0.4, 0.5) is 4.39 Å². The van der Waals surface area contributed by atoms with Crippen molar-refractivity contribution in [3.63, 3.8) is 0 Å². The van der Waals surface area contributed by atoms with Gasteiger partial charge in [0.05, 0.1) is 23.2 Å². The second-order valence-corrected chi connectivity index (χ2v) is 10.4. The molecule has 3 rings (SSSR count). The van der Waals surface area contributed by atoms with Crippen LogP contribution in [0.3, 0.4) is 0 Å². The highest BCUT2D eigenvalue weighted by Gasteiger charge is 2.55. The first-order valence-electron chi connectivity index (χ1n) is 9.86. The van der Waals surface area contributed by atoms with Gasteiger partial charge in [-0.2, -0.15) is 9.57 Å². The lowest BCUT2D eigenvalue weighted by molar-refractivity contribution is -0.117. The Kier molecular flexibility index (Phi) is 7.07. The number of rotatable bonds is 7. The van der Waals surface area contributed by atoms with Gasteiger partial charge in [0.1, 0.15) is 29.3 Å². The molecule has 1 aliphatic rings. The summed E-state index contributed by atoms with van der Waals surface area (Å²) in [6, 6.07) is 7.86. The molecule has 2 heterocycles. The van der Waals surface area contributed by atoms with E-state index in [9.17, 15) is 23.0 Å². The Hall–Kier alpha value is -2.29. The maximum absolute atomic E-state index is 14.0. The molecule has 8 nitrogen and oxygen atoms in total. The minimum absolute atomic E-state index is 0.00520. The lowest BCUT2D eigenvalue weighted by Gasteiger charge is -2.34. The summed E-state index contributed by atoms with van der Waals surface area (Å²) >= 11 is 5.79. The van der Waals surface area contributed by atoms with Crippen LogP contribution in [0.1, 0.15) is 25.8 Å². The van der Waals surface area contributed by atoms with Gasteiger partial charge in [0.25, 0.3) is 10.0 Å². The molecule has 11 heteroatoms. The predicted molar refractivity (Wildman–Crippen MR) is 114 cm³/mol. The molecule has 1 fully saturated rings. The van der Waals surface area contributed by atoms with Crippen LogP contribution < -0.4 is 4.74 Å². The molecular formula is C21H23ClFN3O5S. The molecule has 1 aromatic heterocycles. The second-order valence-electron chi connectivity index (χ2n) is 8.11. The summed E-state index contributed by atoms with van der Waals surface area (Å²) < 4.78 is 46.9. The van der Waals surface area contributed by atoms with E-state index in [1.165, 1.54) is 30.5 Å². The quantitative estimate of drug-likeness (QED) is 0.619. The van der Waals surface area contributed by atoms with Gasteiger partial charge in [-0.15, -0.1) is 0 Å². The molecule has 2 N–H and O–H groups in total. The molecule has 172 valence electrons. The zero-order valence-electron chi connectivity index (χ0n) is 17.4. The number of ether oxygens (including phenoxy) is 1. The van der Waals surface area contributed by atoms with Gasteiger partial charge >= 0.3 is 0 Å². The van der Waals surface area contributed by atoms with E-state index >= 15 is 0 Å². The number of hydrogen-bond donors (Lipinski definition) is 2. The minimum atomic E-state index is -4.14. The third kappa shape index (κ3) is 4.87. The van der Waals surface area contributed by atoms with Crippen LogP contribution >= 0.6 is 11.6 Å². The Bertz CT molecular complexity index is 1120. The summed E-state index contributed by atoms with van der Waals surface area (Å²) in [5.74, 6) is -0.819. The van der Waals surface area contributed by atoms with Crippen LogP contribution in [0.2, 0.25) is 5.02 Å². The van der Waals surface area contributed by atoms with Gasteiger partial charge in [0.2, 0.25) is 0 Å². The van der Waals surface area contributed by atoms with Crippen molar-refractivity contribution in [1.82, 2.24) is 9.29 Å². The summed E-state index contributed by atoms with van der Waals surface area (Å²) in [5.41, 5.74) is -2.15. The van der Waals surface area contributed by atoms with Crippen LogP contribution in [-0.4, -0.2) is 58.8 Å². The fourth-order valence-corrected chi connectivity index (χ4v) is 5.07. The van der Waals surface area contributed by atoms with Gasteiger partial charge in [-0.05, 0) is 36.6 Å². The van der Waals surface area contributed by atoms with Crippen molar-refractivity contribution in [2.24, 2.45) is 5.92 Å². The molecule has 2 aromatic rings. The smallest absolute Gasteiger partial charge is 0.260 e. The van der Waals surface area contributed by atoms with E-state index in [1.807, 2.05) is 13.8 Å². The van der Waals surface area contributed by atoms with E-state index in [0.717, 1.165) is 10.4 Å². The van der Waals surface area contributed by atoms with Crippen molar-refractivity contribution >= 4 is 21.6 Å². The van der Waals surface area contributed by atoms with Crippen LogP contribution in [0, 0.1) is 23.1 Å². The van der Waals surface area contributed by atoms with E-state index in [0.29, 0.717) is 0 Å². The average molecular weight is 484 g/mol. The number of sulfonamides is 1. The number of benzene rings is 1. The Balaban J connectivity index is 1.94. The second kappa shape index (κ2) is 9.29. The molecule has 0 aliphatic carbocycles. The highest BCUT2D eigenvalue weighted by atomic mass is 35.5. The number of pyridine rings is 1. The third-order valence-corrected chi connectivity index (χ3v) is 7.22. The molecule has 0 spiro atoms. The average Bonchev–Trinajstić information content (AvgIpc) is 3.06. The molecule has 0 saturated carbocycles. The normalized spacial score (nSPS) is 22.6. The monoisotopic (exact) mass is 483 g/mol. The zero-order valence-corrected chi connectivity index (χ0v) is 19.0. The maximum atomic E-state index is 14.0. The molecule has 32 heavy (non-hydrogen) atoms. The summed E-state index contributed by atoms with van der Waals surface area (Å²) in [4.78, 5) is 3.85. The third-order valence-electron chi connectivity index (χ3n) is 5.27. The molecule has 3 atom stereocenters. The van der Waals surface area contributed by atoms with E-state index < -0.39 is 40.2 Å². The highest BCUT2D eigenvalue weighted by Crippen LogP contribution is 2.35. The van der Waals surface area contributed by atoms with Crippen molar-refractivity contribution in [3.8, 4) is 11.8 Å². The number of nitrogens with zero attached hydrogens (tertiary/aromatic N) is 3. The number of aliphatic hydroxyl groups excluding tert-OH is 1. The SMILES string of the molecule is CC(C)CC(O)[C@]1(O)CN(S(=O)(=O)c2ccc(Cl)cn2)C[C@@H]1Oc1ccc(C#N)c(F)c1. The van der Waals surface area contributed by atoms with Gasteiger partial charge in [-0.25, -0.2) is 17.8 Å². The van der Waals surface area contributed by atoms with Crippen LogP contribution in [-0.2, 0) is 10.0 Å². The lowest BCUT2D eigenvalue weighted by Crippen LogP contribution is -2.54. The van der Waals surface area contributed by atoms with Crippen molar-refractivity contribution < 1.29 is 27.8 Å². The molecule has 0 radical (unpaired) electrons. The van der Waals surface area contributed by atoms with Gasteiger partial charge in [0.15, 0.2) is 5.03 Å². The fraction of sp³-hybridized carbons (Fsp3) is 0.429. The zero-order chi connectivity index (χ0) is 23.7. The first kappa shape index (κ1) is 24.4. The first-order valence-corrected chi connectivity index (χ1v) is 11.7. The Labute approximate surface area is 190 Å². The molecule has 0 bridgehead atoms. The Morgan fingerprint density at radius 1 is 1.41 bits per heavy atom. The number of halogens is 2. The molecule has 1 saturated heterocycles. The summed E-state index contributed by atoms with van der Waals surface area (Å²) in [6.07, 6.45) is -1.14. The van der Waals surface area contributed by atoms with E-state index in [4.69, 9.17) is 21.6 Å². The van der Waals surface area contributed by atoms with Crippen molar-refractivity contribution in [2.75, 3.05) is 13.1 Å². The van der Waals surface area contributed by atoms with Crippen LogP contribution in [0.15, 0.2) is 41.6 Å². The standard InChI is InChI=1S/C21H23ClFN3O5S/c1-13(2)7-18(27)21(28)12-26(32(29,30)20-6-4-15(22)10-25-20)11-19(21)31-16-5-3-14(9-24)17(23)8-16/h3-6,8,10,13,18-19,27-28H,7,11-12H2,1-2H3/t18?,19-,21+/m0/s1. The van der Waals surface area contributed by atoms with Crippen LogP contribution in [0.25, 0.3) is 0 Å². The van der Waals surface area contributed by atoms with Crippen molar-refractivity contribution in [3.05, 3.63) is 52.9 Å². The van der Waals surface area contributed by atoms with Gasteiger partial charge in [-0.1, -0.05) is 25.4 Å². The van der Waals surface area contributed by atoms with Crippen molar-refractivity contribution in [2.45, 2.75) is 43.1 Å². The number of β-amino-alcohol motifs (C(OH)–C–C–N with tert-alkyl or cyclic N) is 1. The summed E-state index contributed by atoms with van der Waals surface area (Å²) in [6.45, 7) is 2.94. The maximum Gasteiger partial charge on any atom is 0.260 e. The lowest BCUT2D eigenvalue weighted by atomic mass is 9.87. The van der Waals surface area contributed by atoms with Gasteiger partial charge in [0, 0.05) is 18.8 Å². The Morgan fingerprint density at radius 2 is 2.12 bits per heavy atom. The number of aliphatic hydroxyl groups is 2. The topological polar surface area (TPSA) is 124 Å². The fourth-order valence-electron chi connectivity index (χ4n) is 3.56. The van der Waals surface area contributed by atoms with E-state index in [-0.39, 0.29) is 40.2 Å².